The summed E-state index contributed by atoms with van der Waals surface area (Å²) in [5.74, 6) is 0. The molecule has 2 rings (SSSR count). The second-order valence-corrected chi connectivity index (χ2v) is 12.4. The Kier molecular flexibility index (Phi) is 21.8. The first-order valence-corrected chi connectivity index (χ1v) is 18.3. The lowest BCUT2D eigenvalue weighted by Gasteiger charge is -2.11. The lowest BCUT2D eigenvalue weighted by atomic mass is 10.0. The van der Waals surface area contributed by atoms with Crippen molar-refractivity contribution in [1.29, 1.82) is 0 Å². The Hall–Kier alpha value is -2.74. The molecule has 0 aromatic heterocycles. The number of hydrogen-bond acceptors (Lipinski definition) is 2. The van der Waals surface area contributed by atoms with E-state index in [9.17, 15) is 0 Å². The van der Waals surface area contributed by atoms with E-state index in [-0.39, 0.29) is 0 Å². The maximum absolute atomic E-state index is 5.29. The van der Waals surface area contributed by atoms with E-state index in [1.54, 1.807) is 0 Å². The van der Waals surface area contributed by atoms with E-state index < -0.39 is 0 Å². The van der Waals surface area contributed by atoms with Crippen LogP contribution in [0.2, 0.25) is 0 Å². The average Bonchev–Trinajstić information content (AvgIpc) is 3.04. The molecule has 0 spiro atoms. The Morgan fingerprint density at radius 2 is 0.932 bits per heavy atom. The van der Waals surface area contributed by atoms with E-state index in [2.05, 4.69) is 101 Å². The van der Waals surface area contributed by atoms with Crippen LogP contribution < -0.4 is 0 Å². The first kappa shape index (κ1) is 37.4. The molecule has 0 unspecified atom stereocenters. The van der Waals surface area contributed by atoms with Gasteiger partial charge in [-0.25, -0.2) is 0 Å². The molecule has 0 amide bonds. The zero-order valence-electron chi connectivity index (χ0n) is 29.0. The van der Waals surface area contributed by atoms with Gasteiger partial charge < -0.3 is 0 Å². The van der Waals surface area contributed by atoms with Crippen molar-refractivity contribution in [1.82, 2.24) is 0 Å². The molecule has 242 valence electrons. The van der Waals surface area contributed by atoms with E-state index in [0.717, 1.165) is 74.2 Å². The van der Waals surface area contributed by atoms with Crippen LogP contribution in [0.4, 0.5) is 11.4 Å². The Morgan fingerprint density at radius 1 is 0.500 bits per heavy atom. The van der Waals surface area contributed by atoms with Crippen LogP contribution in [0.25, 0.3) is 0 Å². The molecule has 44 heavy (non-hydrogen) atoms. The molecular formula is C42H64N2. The zero-order valence-corrected chi connectivity index (χ0v) is 29.0. The zero-order chi connectivity index (χ0) is 31.5. The minimum absolute atomic E-state index is 0.976. The van der Waals surface area contributed by atoms with Gasteiger partial charge in [0.05, 0.1) is 22.8 Å². The molecule has 0 radical (unpaired) electrons. The lowest BCUT2D eigenvalue weighted by Crippen LogP contribution is -2.10. The molecule has 2 nitrogen and oxygen atoms in total. The van der Waals surface area contributed by atoms with Crippen LogP contribution in [0.15, 0.2) is 82.8 Å². The molecule has 2 aromatic carbocycles. The number of rotatable bonds is 25. The third-order valence-corrected chi connectivity index (χ3v) is 8.38. The number of aliphatic imine (C=N–C) groups is 2. The summed E-state index contributed by atoms with van der Waals surface area (Å²) in [6.07, 6.45) is 34.0. The van der Waals surface area contributed by atoms with Gasteiger partial charge in [-0.2, -0.15) is 0 Å². The van der Waals surface area contributed by atoms with Gasteiger partial charge in [-0.05, 0) is 107 Å². The topological polar surface area (TPSA) is 24.7 Å². The van der Waals surface area contributed by atoms with Gasteiger partial charge in [-0.1, -0.05) is 133 Å². The van der Waals surface area contributed by atoms with Gasteiger partial charge in [-0.3, -0.25) is 9.98 Å². The van der Waals surface area contributed by atoms with Crippen molar-refractivity contribution >= 4 is 22.8 Å². The van der Waals surface area contributed by atoms with Gasteiger partial charge >= 0.3 is 0 Å². The Morgan fingerprint density at radius 3 is 1.43 bits per heavy atom. The summed E-state index contributed by atoms with van der Waals surface area (Å²) in [6, 6.07) is 17.4. The summed E-state index contributed by atoms with van der Waals surface area (Å²) in [5.41, 5.74) is 7.11. The van der Waals surface area contributed by atoms with Crippen molar-refractivity contribution in [2.24, 2.45) is 9.98 Å². The van der Waals surface area contributed by atoms with Crippen LogP contribution in [0.1, 0.15) is 154 Å². The summed E-state index contributed by atoms with van der Waals surface area (Å²) in [6.45, 7) is 8.98. The van der Waals surface area contributed by atoms with Crippen molar-refractivity contribution in [3.63, 3.8) is 0 Å². The van der Waals surface area contributed by atoms with Crippen molar-refractivity contribution < 1.29 is 0 Å². The van der Waals surface area contributed by atoms with E-state index >= 15 is 0 Å². The Labute approximate surface area is 272 Å². The fraction of sp³-hybridized carbons (Fsp3) is 0.571. The summed E-state index contributed by atoms with van der Waals surface area (Å²) >= 11 is 0. The highest BCUT2D eigenvalue weighted by molar-refractivity contribution is 6.42. The summed E-state index contributed by atoms with van der Waals surface area (Å²) < 4.78 is 0. The summed E-state index contributed by atoms with van der Waals surface area (Å²) in [7, 11) is 0. The van der Waals surface area contributed by atoms with Crippen LogP contribution in [0.3, 0.4) is 0 Å². The molecule has 0 fully saturated rings. The normalized spacial score (nSPS) is 12.6. The van der Waals surface area contributed by atoms with Crippen LogP contribution >= 0.6 is 0 Å². The van der Waals surface area contributed by atoms with E-state index in [4.69, 9.17) is 9.98 Å². The highest BCUT2D eigenvalue weighted by Crippen LogP contribution is 2.25. The molecule has 0 aliphatic heterocycles. The van der Waals surface area contributed by atoms with Crippen molar-refractivity contribution in [2.75, 3.05) is 0 Å². The first-order valence-electron chi connectivity index (χ1n) is 18.3. The SMILES string of the molecule is CCCCCC/C=C/CCCc1ccccc1N=C(C)C(CCCCC)=Nc1ccccc1CCC/C=C/CCCCCC. The molecule has 0 bridgehead atoms. The number of para-hydroxylation sites is 2. The third-order valence-electron chi connectivity index (χ3n) is 8.38. The van der Waals surface area contributed by atoms with Crippen LogP contribution in [0, 0.1) is 0 Å². The van der Waals surface area contributed by atoms with Crippen molar-refractivity contribution in [3.8, 4) is 0 Å². The Balaban J connectivity index is 2.07. The quantitative estimate of drug-likeness (QED) is 0.0619. The fourth-order valence-electron chi connectivity index (χ4n) is 5.58. The van der Waals surface area contributed by atoms with Crippen LogP contribution in [-0.4, -0.2) is 11.4 Å². The van der Waals surface area contributed by atoms with E-state index in [0.29, 0.717) is 0 Å². The number of nitrogens with zero attached hydrogens (tertiary/aromatic N) is 2. The molecular weight excluding hydrogens is 532 g/mol. The van der Waals surface area contributed by atoms with Crippen LogP contribution in [0.5, 0.6) is 0 Å². The smallest absolute Gasteiger partial charge is 0.0665 e. The van der Waals surface area contributed by atoms with Crippen molar-refractivity contribution in [3.05, 3.63) is 84.0 Å². The number of allylic oxidation sites excluding steroid dienone is 4. The molecule has 0 atom stereocenters. The average molecular weight is 597 g/mol. The molecule has 0 N–H and O–H groups in total. The Bertz CT molecular complexity index is 1120. The molecule has 0 heterocycles. The van der Waals surface area contributed by atoms with Gasteiger partial charge in [0, 0.05) is 0 Å². The molecule has 0 aliphatic carbocycles. The van der Waals surface area contributed by atoms with Gasteiger partial charge in [0.1, 0.15) is 0 Å². The molecule has 0 saturated heterocycles. The fourth-order valence-corrected chi connectivity index (χ4v) is 5.58. The van der Waals surface area contributed by atoms with Gasteiger partial charge in [-0.15, -0.1) is 0 Å². The van der Waals surface area contributed by atoms with Gasteiger partial charge in [0.2, 0.25) is 0 Å². The highest BCUT2D eigenvalue weighted by Gasteiger charge is 2.09. The third kappa shape index (κ3) is 16.9. The van der Waals surface area contributed by atoms with Gasteiger partial charge in [0.25, 0.3) is 0 Å². The predicted octanol–water partition coefficient (Wildman–Crippen LogP) is 13.8. The predicted molar refractivity (Wildman–Crippen MR) is 199 cm³/mol. The lowest BCUT2D eigenvalue weighted by molar-refractivity contribution is 0.673. The second kappa shape index (κ2) is 25.6. The molecule has 0 aliphatic rings. The summed E-state index contributed by atoms with van der Waals surface area (Å²) in [4.78, 5) is 10.5. The van der Waals surface area contributed by atoms with Crippen LogP contribution in [-0.2, 0) is 12.8 Å². The number of benzene rings is 2. The van der Waals surface area contributed by atoms with E-state index in [1.807, 2.05) is 0 Å². The van der Waals surface area contributed by atoms with Crippen molar-refractivity contribution in [2.45, 2.75) is 156 Å². The monoisotopic (exact) mass is 597 g/mol. The highest BCUT2D eigenvalue weighted by atomic mass is 14.8. The largest absolute Gasteiger partial charge is 0.252 e. The first-order chi connectivity index (χ1) is 21.7. The minimum Gasteiger partial charge on any atom is -0.252 e. The maximum atomic E-state index is 5.29. The number of hydrogen-bond donors (Lipinski definition) is 0. The molecule has 2 heteroatoms. The molecule has 0 saturated carbocycles. The maximum Gasteiger partial charge on any atom is 0.0665 e. The van der Waals surface area contributed by atoms with E-state index in [1.165, 1.54) is 88.2 Å². The standard InChI is InChI=1S/C42H64N2/c1-5-8-11-13-15-17-19-21-24-30-38-32-26-28-35-41(38)43-37(4)40(34-23-10-7-3)44-42-36-29-27-33-39(42)31-25-22-20-18-16-14-12-9-6-2/h17-20,26-29,32-33,35-36H,5-16,21-25,30-31,34H2,1-4H3/b19-17+,20-18+,43-37?,44-40?. The number of unbranched alkanes of at least 4 members (excludes halogenated alkanes) is 12. The van der Waals surface area contributed by atoms with Gasteiger partial charge in [0.15, 0.2) is 0 Å². The summed E-state index contributed by atoms with van der Waals surface area (Å²) in [5, 5.41) is 0. The minimum atomic E-state index is 0.976. The number of aryl methyl sites for hydroxylation is 2. The molecule has 2 aromatic rings. The second-order valence-electron chi connectivity index (χ2n) is 12.4.